The first-order chi connectivity index (χ1) is 18.2. The van der Waals surface area contributed by atoms with Crippen molar-refractivity contribution in [2.75, 3.05) is 43.9 Å². The summed E-state index contributed by atoms with van der Waals surface area (Å²) in [7, 11) is -3.19. The molecule has 1 aromatic heterocycles. The molecule has 1 aromatic carbocycles. The van der Waals surface area contributed by atoms with Crippen molar-refractivity contribution in [1.82, 2.24) is 14.3 Å². The van der Waals surface area contributed by atoms with E-state index in [1.807, 2.05) is 27.7 Å². The second-order valence-electron chi connectivity index (χ2n) is 11.1. The number of ether oxygens (including phenoxy) is 1. The lowest BCUT2D eigenvalue weighted by atomic mass is 9.74. The molecule has 0 unspecified atom stereocenters. The Labute approximate surface area is 236 Å². The Bertz CT molecular complexity index is 1410. The van der Waals surface area contributed by atoms with Gasteiger partial charge in [0.15, 0.2) is 5.82 Å². The first kappa shape index (κ1) is 29.5. The van der Waals surface area contributed by atoms with E-state index < -0.39 is 16.1 Å². The summed E-state index contributed by atoms with van der Waals surface area (Å²) in [4.78, 5) is 12.0. The van der Waals surface area contributed by atoms with E-state index in [4.69, 9.17) is 31.7 Å². The topological polar surface area (TPSA) is 120 Å². The highest BCUT2D eigenvalue weighted by atomic mass is 35.5. The van der Waals surface area contributed by atoms with Crippen molar-refractivity contribution in [3.05, 3.63) is 40.1 Å². The van der Waals surface area contributed by atoms with E-state index in [0.717, 1.165) is 28.9 Å². The Morgan fingerprint density at radius 3 is 2.44 bits per heavy atom. The Hall–Kier alpha value is -2.53. The van der Waals surface area contributed by atoms with E-state index in [9.17, 15) is 13.5 Å². The van der Waals surface area contributed by atoms with E-state index in [2.05, 4.69) is 4.90 Å². The lowest BCUT2D eigenvalue weighted by molar-refractivity contribution is 0.0394. The first-order valence-electron chi connectivity index (χ1n) is 13.2. The van der Waals surface area contributed by atoms with Crippen LogP contribution in [0, 0.1) is 17.7 Å². The summed E-state index contributed by atoms with van der Waals surface area (Å²) in [6.07, 6.45) is 2.21. The van der Waals surface area contributed by atoms with Crippen LogP contribution in [0.25, 0.3) is 17.0 Å². The van der Waals surface area contributed by atoms with Crippen molar-refractivity contribution in [3.8, 4) is 17.1 Å². The number of sulfonamides is 1. The van der Waals surface area contributed by atoms with Gasteiger partial charge >= 0.3 is 0 Å². The van der Waals surface area contributed by atoms with Crippen LogP contribution < -0.4 is 9.64 Å². The molecular weight excluding hydrogens is 538 g/mol. The Kier molecular flexibility index (Phi) is 8.42. The third-order valence-corrected chi connectivity index (χ3v) is 8.85. The molecule has 0 aliphatic carbocycles. The zero-order valence-corrected chi connectivity index (χ0v) is 25.1. The third-order valence-electron chi connectivity index (χ3n) is 7.32. The van der Waals surface area contributed by atoms with Crippen molar-refractivity contribution in [2.24, 2.45) is 5.41 Å². The second kappa shape index (κ2) is 11.2. The molecule has 0 radical (unpaired) electrons. The molecule has 3 heterocycles. The molecule has 2 aliphatic heterocycles. The van der Waals surface area contributed by atoms with E-state index in [-0.39, 0.29) is 12.0 Å². The highest BCUT2D eigenvalue weighted by Crippen LogP contribution is 2.44. The van der Waals surface area contributed by atoms with Crippen LogP contribution in [0.2, 0.25) is 5.02 Å². The van der Waals surface area contributed by atoms with Crippen LogP contribution >= 0.6 is 11.6 Å². The third kappa shape index (κ3) is 6.14. The fourth-order valence-electron chi connectivity index (χ4n) is 5.39. The summed E-state index contributed by atoms with van der Waals surface area (Å²) in [5.74, 6) is 1.72. The zero-order chi connectivity index (χ0) is 28.7. The summed E-state index contributed by atoms with van der Waals surface area (Å²) in [5.41, 5.74) is 4.20. The normalized spacial score (nSPS) is 17.4. The number of aliphatic hydroxyl groups is 1. The lowest BCUT2D eigenvalue weighted by Gasteiger charge is -2.59. The van der Waals surface area contributed by atoms with Crippen LogP contribution in [0.1, 0.15) is 51.8 Å². The summed E-state index contributed by atoms with van der Waals surface area (Å²) in [6.45, 7) is 12.2. The number of hydrogen-bond donors (Lipinski definition) is 2. The fourth-order valence-corrected chi connectivity index (χ4v) is 6.61. The number of nitrogens with zero attached hydrogens (tertiary/aromatic N) is 4. The van der Waals surface area contributed by atoms with Gasteiger partial charge in [-0.3, -0.25) is 0 Å². The van der Waals surface area contributed by atoms with E-state index >= 15 is 0 Å². The SMILES string of the molecule is CCC[C@@H](O)COc1ccc(Cl)c(-c2nc(C(C(C)=N)=C(C)C)c(C)c(N3CC4(C3)CN(S(C)(=O)=O)C4)n2)c1. The zero-order valence-electron chi connectivity index (χ0n) is 23.5. The molecule has 2 saturated heterocycles. The number of aliphatic hydroxyl groups excluding tert-OH is 1. The van der Waals surface area contributed by atoms with Gasteiger partial charge in [-0.15, -0.1) is 0 Å². The largest absolute Gasteiger partial charge is 0.491 e. The van der Waals surface area contributed by atoms with Gasteiger partial charge in [-0.25, -0.2) is 22.7 Å². The maximum atomic E-state index is 11.9. The molecule has 11 heteroatoms. The lowest BCUT2D eigenvalue weighted by Crippen LogP contribution is -2.73. The number of allylic oxidation sites excluding steroid dienone is 2. The number of hydrogen-bond acceptors (Lipinski definition) is 8. The van der Waals surface area contributed by atoms with E-state index in [0.29, 0.717) is 66.2 Å². The van der Waals surface area contributed by atoms with E-state index in [1.54, 1.807) is 25.1 Å². The minimum atomic E-state index is -3.19. The van der Waals surface area contributed by atoms with Crippen molar-refractivity contribution in [3.63, 3.8) is 0 Å². The average Bonchev–Trinajstić information content (AvgIpc) is 2.77. The van der Waals surface area contributed by atoms with Crippen molar-refractivity contribution in [2.45, 2.75) is 53.6 Å². The number of nitrogens with one attached hydrogen (secondary N) is 1. The van der Waals surface area contributed by atoms with Crippen molar-refractivity contribution < 1.29 is 18.3 Å². The molecule has 0 bridgehead atoms. The standard InChI is InChI=1S/C28H38ClN5O4S/c1-7-8-20(35)12-38-21-9-10-23(29)22(11-21)26-31-25(24(17(2)3)19(5)30)18(4)27(32-26)33-13-28(14-33)15-34(16-28)39(6,36)37/h9-11,20,30,35H,7-8,12-16H2,1-6H3/t20-/m1/s1. The minimum Gasteiger partial charge on any atom is -0.491 e. The molecule has 39 heavy (non-hydrogen) atoms. The molecule has 4 rings (SSSR count). The molecule has 2 fully saturated rings. The number of benzene rings is 1. The monoisotopic (exact) mass is 575 g/mol. The summed E-state index contributed by atoms with van der Waals surface area (Å²) in [5, 5.41) is 19.0. The number of rotatable bonds is 10. The number of anilines is 1. The maximum absolute atomic E-state index is 11.9. The molecule has 1 spiro atoms. The van der Waals surface area contributed by atoms with Crippen molar-refractivity contribution >= 4 is 38.7 Å². The van der Waals surface area contributed by atoms with Gasteiger partial charge in [0.2, 0.25) is 10.0 Å². The quantitative estimate of drug-likeness (QED) is 0.398. The molecule has 2 aromatic rings. The Morgan fingerprint density at radius 1 is 1.21 bits per heavy atom. The molecule has 1 atom stereocenters. The highest BCUT2D eigenvalue weighted by molar-refractivity contribution is 7.88. The van der Waals surface area contributed by atoms with Crippen LogP contribution in [-0.2, 0) is 10.0 Å². The summed E-state index contributed by atoms with van der Waals surface area (Å²) in [6, 6.07) is 5.27. The van der Waals surface area contributed by atoms with E-state index in [1.165, 1.54) is 10.6 Å². The molecule has 0 amide bonds. The van der Waals surface area contributed by atoms with Gasteiger partial charge in [0, 0.05) is 54.0 Å². The molecule has 0 saturated carbocycles. The van der Waals surface area contributed by atoms with Crippen LogP contribution in [0.5, 0.6) is 5.75 Å². The molecular formula is C28H38ClN5O4S. The maximum Gasteiger partial charge on any atom is 0.211 e. The molecule has 212 valence electrons. The van der Waals surface area contributed by atoms with Crippen LogP contribution in [0.4, 0.5) is 5.82 Å². The number of halogens is 1. The fraction of sp³-hybridized carbons (Fsp3) is 0.536. The Balaban J connectivity index is 1.72. The number of aromatic nitrogens is 2. The summed E-state index contributed by atoms with van der Waals surface area (Å²) < 4.78 is 31.2. The van der Waals surface area contributed by atoms with Gasteiger partial charge in [-0.05, 0) is 52.3 Å². The predicted molar refractivity (Wildman–Crippen MR) is 156 cm³/mol. The first-order valence-corrected chi connectivity index (χ1v) is 15.4. The highest BCUT2D eigenvalue weighted by Gasteiger charge is 2.55. The summed E-state index contributed by atoms with van der Waals surface area (Å²) >= 11 is 6.64. The van der Waals surface area contributed by atoms with Gasteiger partial charge in [0.1, 0.15) is 18.2 Å². The predicted octanol–water partition coefficient (Wildman–Crippen LogP) is 4.56. The Morgan fingerprint density at radius 2 is 1.87 bits per heavy atom. The average molecular weight is 576 g/mol. The van der Waals surface area contributed by atoms with Crippen LogP contribution in [0.15, 0.2) is 23.8 Å². The van der Waals surface area contributed by atoms with Crippen LogP contribution in [-0.4, -0.2) is 78.7 Å². The van der Waals surface area contributed by atoms with Crippen molar-refractivity contribution in [1.29, 1.82) is 5.41 Å². The minimum absolute atomic E-state index is 0.0671. The van der Waals surface area contributed by atoms with Gasteiger partial charge < -0.3 is 20.2 Å². The van der Waals surface area contributed by atoms with Gasteiger partial charge in [-0.2, -0.15) is 0 Å². The molecule has 2 aliphatic rings. The molecule has 2 N–H and O–H groups in total. The van der Waals surface area contributed by atoms with Gasteiger partial charge in [0.25, 0.3) is 0 Å². The van der Waals surface area contributed by atoms with Crippen LogP contribution in [0.3, 0.4) is 0 Å². The van der Waals surface area contributed by atoms with Gasteiger partial charge in [0.05, 0.1) is 23.1 Å². The second-order valence-corrected chi connectivity index (χ2v) is 13.5. The van der Waals surface area contributed by atoms with Gasteiger partial charge in [-0.1, -0.05) is 30.5 Å². The smallest absolute Gasteiger partial charge is 0.211 e. The molecule has 9 nitrogen and oxygen atoms in total.